The van der Waals surface area contributed by atoms with E-state index < -0.39 is 29.6 Å². The zero-order chi connectivity index (χ0) is 32.0. The number of benzene rings is 3. The van der Waals surface area contributed by atoms with E-state index in [1.165, 1.54) is 12.1 Å². The maximum atomic E-state index is 13.5. The van der Waals surface area contributed by atoms with Gasteiger partial charge < -0.3 is 25.3 Å². The number of aryl methyl sites for hydroxylation is 2. The van der Waals surface area contributed by atoms with Crippen LogP contribution in [-0.2, 0) is 27.2 Å². The fourth-order valence-electron chi connectivity index (χ4n) is 5.71. The van der Waals surface area contributed by atoms with Crippen LogP contribution in [0.15, 0.2) is 72.8 Å². The number of carbonyl (C=O) groups is 3. The molecule has 0 aromatic heterocycles. The number of amides is 1. The Morgan fingerprint density at radius 2 is 1.43 bits per heavy atom. The van der Waals surface area contributed by atoms with Crippen molar-refractivity contribution in [1.29, 1.82) is 0 Å². The van der Waals surface area contributed by atoms with Gasteiger partial charge in [0.25, 0.3) is 0 Å². The summed E-state index contributed by atoms with van der Waals surface area (Å²) >= 11 is 0. The molecule has 1 fully saturated rings. The molecule has 0 aliphatic carbocycles. The molecular weight excluding hydrogens is 565 g/mol. The highest BCUT2D eigenvalue weighted by molar-refractivity contribution is 6.03. The number of carbonyl (C=O) groups excluding carboxylic acids is 1. The Morgan fingerprint density at radius 3 is 2.00 bits per heavy atom. The first-order chi connectivity index (χ1) is 20.8. The van der Waals surface area contributed by atoms with E-state index >= 15 is 0 Å². The third-order valence-electron chi connectivity index (χ3n) is 8.34. The average molecular weight is 606 g/mol. The number of hydrogen-bond acceptors (Lipinski definition) is 5. The number of anilines is 1. The van der Waals surface area contributed by atoms with Gasteiger partial charge in [-0.05, 0) is 105 Å². The fraction of sp³-hybridized carbons (Fsp3) is 0.400. The minimum Gasteiger partial charge on any atom is -0.481 e. The first-order valence-corrected chi connectivity index (χ1v) is 15.0. The zero-order valence-electron chi connectivity index (χ0n) is 25.0. The molecule has 0 bridgehead atoms. The van der Waals surface area contributed by atoms with Gasteiger partial charge in [0.05, 0.1) is 23.7 Å². The molecule has 1 aliphatic rings. The van der Waals surface area contributed by atoms with E-state index in [1.807, 2.05) is 48.5 Å². The van der Waals surface area contributed by atoms with Gasteiger partial charge in [0, 0.05) is 5.69 Å². The van der Waals surface area contributed by atoms with Gasteiger partial charge in [-0.15, -0.1) is 0 Å². The molecule has 3 aromatic rings. The van der Waals surface area contributed by atoms with Crippen molar-refractivity contribution in [3.63, 3.8) is 0 Å². The van der Waals surface area contributed by atoms with Gasteiger partial charge in [-0.3, -0.25) is 14.4 Å². The van der Waals surface area contributed by atoms with Gasteiger partial charge in [-0.1, -0.05) is 48.5 Å². The second-order valence-electron chi connectivity index (χ2n) is 12.2. The van der Waals surface area contributed by atoms with E-state index in [1.54, 1.807) is 30.9 Å². The van der Waals surface area contributed by atoms with Crippen LogP contribution >= 0.6 is 0 Å². The van der Waals surface area contributed by atoms with Crippen molar-refractivity contribution in [1.82, 2.24) is 0 Å². The third kappa shape index (κ3) is 8.30. The lowest BCUT2D eigenvalue weighted by Crippen LogP contribution is -2.55. The molecule has 3 atom stereocenters. The van der Waals surface area contributed by atoms with Gasteiger partial charge in [0.2, 0.25) is 5.91 Å². The van der Waals surface area contributed by atoms with E-state index in [4.69, 9.17) is 10.2 Å². The van der Waals surface area contributed by atoms with Crippen molar-refractivity contribution in [3.05, 3.63) is 101 Å². The number of β-lactam (4-membered cyclic amide) rings is 1. The minimum atomic E-state index is -1.43. The van der Waals surface area contributed by atoms with Crippen molar-refractivity contribution >= 4 is 23.5 Å². The largest absolute Gasteiger partial charge is 0.481 e. The molecule has 4 N–H and O–H groups in total. The Labute approximate surface area is 256 Å². The number of nitrogens with zero attached hydrogens (tertiary/aromatic N) is 1. The molecule has 3 aromatic carbocycles. The number of aliphatic carboxylic acids is 2. The Balaban J connectivity index is 1.49. The van der Waals surface area contributed by atoms with E-state index in [0.717, 1.165) is 22.4 Å². The van der Waals surface area contributed by atoms with Crippen LogP contribution in [0.5, 0.6) is 0 Å². The van der Waals surface area contributed by atoms with E-state index in [0.29, 0.717) is 44.1 Å². The first-order valence-electron chi connectivity index (χ1n) is 15.0. The predicted molar refractivity (Wildman–Crippen MR) is 164 cm³/mol. The summed E-state index contributed by atoms with van der Waals surface area (Å²) in [7, 11) is 0. The SMILES string of the molecule is CC(C)(O)CCc1ccc(N2C(=O)[C@H](CC[C@H](O)c3ccc(F)cc3)[C@H]2c2ccc(CCCC(C(=O)O)C(=O)O)cc2)cc1. The zero-order valence-corrected chi connectivity index (χ0v) is 25.0. The minimum absolute atomic E-state index is 0.0293. The monoisotopic (exact) mass is 605 g/mol. The molecule has 1 saturated heterocycles. The molecule has 4 rings (SSSR count). The van der Waals surface area contributed by atoms with Crippen molar-refractivity contribution < 1.29 is 39.2 Å². The lowest BCUT2D eigenvalue weighted by Gasteiger charge is -2.48. The quantitative estimate of drug-likeness (QED) is 0.126. The standard InChI is InChI=1S/C35H40FNO7/c1-35(2,44)21-20-23-8-16-27(17-9-23)37-31(28(32(37)39)18-19-30(38)24-12-14-26(36)15-13-24)25-10-6-22(7-11-25)4-3-5-29(33(40)41)34(42)43/h6-17,28-31,38,44H,3-5,18-21H2,1-2H3,(H,40,41)(H,42,43)/t28-,30+,31-/m1/s1. The van der Waals surface area contributed by atoms with Crippen molar-refractivity contribution in [3.8, 4) is 0 Å². The van der Waals surface area contributed by atoms with Gasteiger partial charge >= 0.3 is 11.9 Å². The van der Waals surface area contributed by atoms with Gasteiger partial charge in [-0.25, -0.2) is 4.39 Å². The van der Waals surface area contributed by atoms with Crippen LogP contribution in [-0.4, -0.2) is 43.9 Å². The smallest absolute Gasteiger partial charge is 0.317 e. The predicted octanol–water partition coefficient (Wildman–Crippen LogP) is 5.86. The highest BCUT2D eigenvalue weighted by Crippen LogP contribution is 2.46. The van der Waals surface area contributed by atoms with Crippen LogP contribution < -0.4 is 4.90 Å². The van der Waals surface area contributed by atoms with E-state index in [-0.39, 0.29) is 30.1 Å². The first kappa shape index (κ1) is 32.8. The Kier molecular flexibility index (Phi) is 10.5. The van der Waals surface area contributed by atoms with Gasteiger partial charge in [0.1, 0.15) is 5.82 Å². The lowest BCUT2D eigenvalue weighted by atomic mass is 9.78. The van der Waals surface area contributed by atoms with Crippen molar-refractivity contribution in [2.75, 3.05) is 4.90 Å². The molecule has 234 valence electrons. The summed E-state index contributed by atoms with van der Waals surface area (Å²) < 4.78 is 13.3. The van der Waals surface area contributed by atoms with Crippen LogP contribution in [0.3, 0.4) is 0 Å². The van der Waals surface area contributed by atoms with E-state index in [9.17, 15) is 29.0 Å². The maximum Gasteiger partial charge on any atom is 0.317 e. The Morgan fingerprint density at radius 1 is 0.864 bits per heavy atom. The van der Waals surface area contributed by atoms with Gasteiger partial charge in [0.15, 0.2) is 5.92 Å². The molecular formula is C35H40FNO7. The molecule has 9 heteroatoms. The average Bonchev–Trinajstić information content (AvgIpc) is 2.97. The summed E-state index contributed by atoms with van der Waals surface area (Å²) in [6.07, 6.45) is 2.18. The molecule has 44 heavy (non-hydrogen) atoms. The number of carboxylic acid groups (broad SMARTS) is 2. The van der Waals surface area contributed by atoms with Crippen molar-refractivity contribution in [2.45, 2.75) is 76.5 Å². The van der Waals surface area contributed by atoms with Crippen LogP contribution in [0.1, 0.15) is 80.4 Å². The summed E-state index contributed by atoms with van der Waals surface area (Å²) in [5, 5.41) is 39.0. The highest BCUT2D eigenvalue weighted by atomic mass is 19.1. The number of aliphatic hydroxyl groups is 2. The van der Waals surface area contributed by atoms with Crippen LogP contribution in [0, 0.1) is 17.7 Å². The maximum absolute atomic E-state index is 13.5. The Bertz CT molecular complexity index is 1420. The van der Waals surface area contributed by atoms with Gasteiger partial charge in [-0.2, -0.15) is 0 Å². The topological polar surface area (TPSA) is 135 Å². The van der Waals surface area contributed by atoms with E-state index in [2.05, 4.69) is 0 Å². The molecule has 8 nitrogen and oxygen atoms in total. The third-order valence-corrected chi connectivity index (χ3v) is 8.34. The second kappa shape index (κ2) is 14.1. The number of carboxylic acids is 2. The normalized spacial score (nSPS) is 17.4. The Hall–Kier alpha value is -4.08. The number of aliphatic hydroxyl groups excluding tert-OH is 1. The number of rotatable bonds is 15. The molecule has 0 saturated carbocycles. The van der Waals surface area contributed by atoms with Crippen LogP contribution in [0.4, 0.5) is 10.1 Å². The van der Waals surface area contributed by atoms with Crippen LogP contribution in [0.25, 0.3) is 0 Å². The van der Waals surface area contributed by atoms with Crippen molar-refractivity contribution in [2.24, 2.45) is 11.8 Å². The van der Waals surface area contributed by atoms with Crippen LogP contribution in [0.2, 0.25) is 0 Å². The second-order valence-corrected chi connectivity index (χ2v) is 12.2. The molecule has 1 amide bonds. The fourth-order valence-corrected chi connectivity index (χ4v) is 5.71. The number of halogens is 1. The summed E-state index contributed by atoms with van der Waals surface area (Å²) in [4.78, 5) is 37.6. The summed E-state index contributed by atoms with van der Waals surface area (Å²) in [5.74, 6) is -4.94. The molecule has 0 unspecified atom stereocenters. The molecule has 1 heterocycles. The highest BCUT2D eigenvalue weighted by Gasteiger charge is 2.48. The molecule has 1 aliphatic heterocycles. The summed E-state index contributed by atoms with van der Waals surface area (Å²) in [6.45, 7) is 3.54. The molecule has 0 spiro atoms. The number of hydrogen-bond donors (Lipinski definition) is 4. The summed E-state index contributed by atoms with van der Waals surface area (Å²) in [6, 6.07) is 20.8. The molecule has 0 radical (unpaired) electrons. The lowest BCUT2D eigenvalue weighted by molar-refractivity contribution is -0.154. The summed E-state index contributed by atoms with van der Waals surface area (Å²) in [5.41, 5.74) is 3.46.